The van der Waals surface area contributed by atoms with Crippen molar-refractivity contribution in [1.29, 1.82) is 0 Å². The summed E-state index contributed by atoms with van der Waals surface area (Å²) in [6.07, 6.45) is 3.08. The smallest absolute Gasteiger partial charge is 0.273 e. The normalized spacial score (nSPS) is 18.4. The van der Waals surface area contributed by atoms with E-state index in [2.05, 4.69) is 31.0 Å². The quantitative estimate of drug-likeness (QED) is 0.319. The summed E-state index contributed by atoms with van der Waals surface area (Å²) in [6, 6.07) is 9.89. The van der Waals surface area contributed by atoms with E-state index in [1.165, 1.54) is 33.4 Å². The highest BCUT2D eigenvalue weighted by Crippen LogP contribution is 2.26. The first-order valence-electron chi connectivity index (χ1n) is 13.8. The maximum absolute atomic E-state index is 13.4. The van der Waals surface area contributed by atoms with E-state index in [0.29, 0.717) is 17.1 Å². The van der Waals surface area contributed by atoms with Crippen LogP contribution in [-0.4, -0.2) is 67.9 Å². The predicted octanol–water partition coefficient (Wildman–Crippen LogP) is 2.28. The highest BCUT2D eigenvalue weighted by atomic mass is 32.1. The summed E-state index contributed by atoms with van der Waals surface area (Å²) in [4.78, 5) is 63.2. The lowest BCUT2D eigenvalue weighted by Gasteiger charge is -2.25. The van der Waals surface area contributed by atoms with Crippen molar-refractivity contribution in [3.05, 3.63) is 87.8 Å². The fraction of sp³-hybridized carbons (Fsp3) is 0.345. The van der Waals surface area contributed by atoms with E-state index in [4.69, 9.17) is 4.42 Å². The van der Waals surface area contributed by atoms with E-state index < -0.39 is 35.7 Å². The minimum absolute atomic E-state index is 0.0152. The van der Waals surface area contributed by atoms with Crippen LogP contribution in [0.1, 0.15) is 73.9 Å². The second-order valence-electron chi connectivity index (χ2n) is 10.5. The van der Waals surface area contributed by atoms with Gasteiger partial charge in [-0.25, -0.2) is 9.97 Å². The van der Waals surface area contributed by atoms with Gasteiger partial charge in [0.25, 0.3) is 17.7 Å². The molecule has 0 saturated carbocycles. The van der Waals surface area contributed by atoms with E-state index in [1.807, 2.05) is 44.2 Å². The van der Waals surface area contributed by atoms with Gasteiger partial charge in [-0.3, -0.25) is 23.9 Å². The molecular formula is C29H32N8O5S. The Hall–Kier alpha value is -4.85. The summed E-state index contributed by atoms with van der Waals surface area (Å²) in [7, 11) is 1.63. The molecule has 43 heavy (non-hydrogen) atoms. The zero-order chi connectivity index (χ0) is 30.5. The van der Waals surface area contributed by atoms with E-state index in [0.717, 1.165) is 5.56 Å². The first-order valence-corrected chi connectivity index (χ1v) is 14.7. The summed E-state index contributed by atoms with van der Waals surface area (Å²) in [6.45, 7) is 3.70. The average Bonchev–Trinajstić information content (AvgIpc) is 3.76. The Bertz CT molecular complexity index is 1610. The molecule has 224 valence electrons. The molecule has 0 unspecified atom stereocenters. The third kappa shape index (κ3) is 6.97. The zero-order valence-corrected chi connectivity index (χ0v) is 24.8. The van der Waals surface area contributed by atoms with Crippen LogP contribution in [0.15, 0.2) is 58.7 Å². The molecule has 3 aromatic heterocycles. The molecule has 5 rings (SSSR count). The van der Waals surface area contributed by atoms with Gasteiger partial charge in [0.1, 0.15) is 28.7 Å². The first-order chi connectivity index (χ1) is 20.7. The summed E-state index contributed by atoms with van der Waals surface area (Å²) < 4.78 is 7.09. The number of fused-ring (bicyclic) bond motifs is 4. The molecule has 0 spiro atoms. The Morgan fingerprint density at radius 1 is 1.07 bits per heavy atom. The molecule has 4 bridgehead atoms. The molecule has 13 nitrogen and oxygen atoms in total. The van der Waals surface area contributed by atoms with E-state index in [-0.39, 0.29) is 42.8 Å². The number of amides is 4. The summed E-state index contributed by atoms with van der Waals surface area (Å²) in [5.41, 5.74) is 1.42. The Morgan fingerprint density at radius 2 is 1.86 bits per heavy atom. The van der Waals surface area contributed by atoms with Crippen molar-refractivity contribution in [3.63, 3.8) is 0 Å². The lowest BCUT2D eigenvalue weighted by molar-refractivity contribution is -0.122. The summed E-state index contributed by atoms with van der Waals surface area (Å²) in [5, 5.41) is 14.9. The van der Waals surface area contributed by atoms with Gasteiger partial charge in [0, 0.05) is 38.1 Å². The molecule has 4 heterocycles. The van der Waals surface area contributed by atoms with Crippen LogP contribution in [0.5, 0.6) is 0 Å². The number of carbonyl (C=O) groups excluding carboxylic acids is 4. The predicted molar refractivity (Wildman–Crippen MR) is 156 cm³/mol. The number of oxazole rings is 1. The molecule has 1 aliphatic heterocycles. The molecule has 0 fully saturated rings. The van der Waals surface area contributed by atoms with Crippen molar-refractivity contribution < 1.29 is 23.6 Å². The third-order valence-corrected chi connectivity index (χ3v) is 7.90. The fourth-order valence-electron chi connectivity index (χ4n) is 4.67. The monoisotopic (exact) mass is 604 g/mol. The molecule has 4 amide bonds. The van der Waals surface area contributed by atoms with Gasteiger partial charge in [-0.15, -0.1) is 11.3 Å². The highest BCUT2D eigenvalue weighted by molar-refractivity contribution is 7.09. The van der Waals surface area contributed by atoms with Gasteiger partial charge < -0.3 is 25.3 Å². The lowest BCUT2D eigenvalue weighted by Crippen LogP contribution is -2.46. The molecule has 3 N–H and O–H groups in total. The number of aromatic nitrogens is 4. The number of benzene rings is 1. The van der Waals surface area contributed by atoms with Crippen LogP contribution in [0, 0.1) is 5.92 Å². The van der Waals surface area contributed by atoms with Crippen LogP contribution in [0.2, 0.25) is 0 Å². The lowest BCUT2D eigenvalue weighted by atomic mass is 10.0. The Balaban J connectivity index is 1.47. The minimum atomic E-state index is -0.687. The van der Waals surface area contributed by atoms with Gasteiger partial charge >= 0.3 is 0 Å². The number of rotatable bonds is 4. The number of carbonyl (C=O) groups is 4. The van der Waals surface area contributed by atoms with E-state index >= 15 is 0 Å². The van der Waals surface area contributed by atoms with Gasteiger partial charge in [0.15, 0.2) is 5.69 Å². The van der Waals surface area contributed by atoms with E-state index in [9.17, 15) is 19.2 Å². The summed E-state index contributed by atoms with van der Waals surface area (Å²) >= 11 is 1.26. The molecule has 0 saturated heterocycles. The molecule has 0 aliphatic carbocycles. The Kier molecular flexibility index (Phi) is 8.95. The maximum atomic E-state index is 13.4. The number of hydrogen-bond acceptors (Lipinski definition) is 9. The first kappa shape index (κ1) is 29.6. The molecule has 1 aliphatic rings. The van der Waals surface area contributed by atoms with Gasteiger partial charge in [-0.2, -0.15) is 5.10 Å². The molecule has 14 heteroatoms. The second kappa shape index (κ2) is 13.0. The molecular weight excluding hydrogens is 572 g/mol. The number of aryl methyl sites for hydroxylation is 1. The van der Waals surface area contributed by atoms with Crippen molar-refractivity contribution >= 4 is 35.0 Å². The van der Waals surface area contributed by atoms with Gasteiger partial charge in [-0.05, 0) is 17.5 Å². The van der Waals surface area contributed by atoms with E-state index in [1.54, 1.807) is 18.5 Å². The van der Waals surface area contributed by atoms with Crippen LogP contribution in [0.3, 0.4) is 0 Å². The number of nitrogens with zero attached hydrogens (tertiary/aromatic N) is 5. The van der Waals surface area contributed by atoms with Crippen molar-refractivity contribution in [3.8, 4) is 0 Å². The second-order valence-corrected chi connectivity index (χ2v) is 11.4. The van der Waals surface area contributed by atoms with Crippen LogP contribution >= 0.6 is 11.3 Å². The largest absolute Gasteiger partial charge is 0.446 e. The Labute approximate surface area is 251 Å². The summed E-state index contributed by atoms with van der Waals surface area (Å²) in [5.74, 6) is -1.70. The molecule has 1 aromatic carbocycles. The van der Waals surface area contributed by atoms with Gasteiger partial charge in [0.2, 0.25) is 11.8 Å². The molecule has 0 radical (unpaired) electrons. The van der Waals surface area contributed by atoms with Crippen molar-refractivity contribution in [1.82, 2.24) is 40.6 Å². The number of hydrogen-bond donors (Lipinski definition) is 3. The minimum Gasteiger partial charge on any atom is -0.446 e. The topological polar surface area (TPSA) is 164 Å². The zero-order valence-electron chi connectivity index (χ0n) is 23.9. The number of nitrogens with one attached hydrogen (secondary N) is 3. The Morgan fingerprint density at radius 3 is 2.58 bits per heavy atom. The van der Waals surface area contributed by atoms with Crippen LogP contribution in [-0.2, 0) is 18.3 Å². The van der Waals surface area contributed by atoms with Crippen molar-refractivity contribution in [2.24, 2.45) is 13.0 Å². The fourth-order valence-corrected chi connectivity index (χ4v) is 5.69. The average molecular weight is 605 g/mol. The van der Waals surface area contributed by atoms with Crippen LogP contribution in [0.4, 0.5) is 0 Å². The third-order valence-electron chi connectivity index (χ3n) is 6.97. The number of thiazole rings is 1. The molecule has 2 atom stereocenters. The standard InChI is InChI=1S/C29H32N8O5S/c1-17(2)24-28-34-21(16-43-28)26(40)32-19(13-18-7-5-4-6-8-18)27-33-20(15-42-27)25(39)30-11-12-37(14-23(38)35-24)29(41)22-9-10-31-36(22)3/h4-10,15-17,19,24H,11-14H2,1-3H3,(H,30,39)(H,32,40)(H,35,38)/t19-,24-/m0/s1. The van der Waals surface area contributed by atoms with Crippen molar-refractivity contribution in [2.75, 3.05) is 19.6 Å². The van der Waals surface area contributed by atoms with Crippen molar-refractivity contribution in [2.45, 2.75) is 32.4 Å². The molecule has 4 aromatic rings. The SMILES string of the molecule is CC(C)[C@@H]1NC(=O)CN(C(=O)c2ccnn2C)CCNC(=O)c2coc(n2)[C@H](Cc2ccccc2)NC(=O)c2csc1n2. The van der Waals surface area contributed by atoms with Crippen LogP contribution in [0.25, 0.3) is 0 Å². The van der Waals surface area contributed by atoms with Crippen LogP contribution < -0.4 is 16.0 Å². The maximum Gasteiger partial charge on any atom is 0.273 e. The highest BCUT2D eigenvalue weighted by Gasteiger charge is 2.29. The van der Waals surface area contributed by atoms with Gasteiger partial charge in [0.05, 0.1) is 12.6 Å². The van der Waals surface area contributed by atoms with Gasteiger partial charge in [-0.1, -0.05) is 44.2 Å².